The van der Waals surface area contributed by atoms with Gasteiger partial charge in [-0.25, -0.2) is 0 Å². The largest absolute Gasteiger partial charge is 0.493 e. The first-order chi connectivity index (χ1) is 10.7. The fourth-order valence-corrected chi connectivity index (χ4v) is 2.15. The van der Waals surface area contributed by atoms with E-state index in [4.69, 9.17) is 18.9 Å². The molecule has 0 atom stereocenters. The summed E-state index contributed by atoms with van der Waals surface area (Å²) in [6.07, 6.45) is 2.62. The van der Waals surface area contributed by atoms with Crippen molar-refractivity contribution in [3.8, 4) is 28.7 Å². The molecule has 0 fully saturated rings. The molecule has 0 amide bonds. The van der Waals surface area contributed by atoms with Gasteiger partial charge in [-0.15, -0.1) is 6.58 Å². The minimum Gasteiger partial charge on any atom is -0.493 e. The van der Waals surface area contributed by atoms with Gasteiger partial charge in [-0.1, -0.05) is 18.2 Å². The first-order valence-electron chi connectivity index (χ1n) is 6.90. The number of methoxy groups -OCH3 is 3. The fraction of sp³-hybridized carbons (Fsp3) is 0.222. The number of rotatable bonds is 7. The van der Waals surface area contributed by atoms with Crippen LogP contribution in [0.25, 0.3) is 0 Å². The van der Waals surface area contributed by atoms with E-state index in [9.17, 15) is 0 Å². The Hall–Kier alpha value is -2.62. The number of allylic oxidation sites excluding steroid dienone is 1. The normalized spacial score (nSPS) is 9.95. The van der Waals surface area contributed by atoms with Crippen molar-refractivity contribution in [2.75, 3.05) is 21.3 Å². The van der Waals surface area contributed by atoms with Crippen LogP contribution in [0.2, 0.25) is 0 Å². The summed E-state index contributed by atoms with van der Waals surface area (Å²) in [4.78, 5) is 0. The highest BCUT2D eigenvalue weighted by Crippen LogP contribution is 2.41. The van der Waals surface area contributed by atoms with Crippen LogP contribution in [0.1, 0.15) is 5.56 Å². The van der Waals surface area contributed by atoms with E-state index in [-0.39, 0.29) is 0 Å². The van der Waals surface area contributed by atoms with Crippen molar-refractivity contribution < 1.29 is 18.9 Å². The summed E-state index contributed by atoms with van der Waals surface area (Å²) in [6, 6.07) is 11.3. The molecule has 4 nitrogen and oxygen atoms in total. The van der Waals surface area contributed by atoms with Crippen LogP contribution in [0.15, 0.2) is 49.1 Å². The van der Waals surface area contributed by atoms with Crippen LogP contribution < -0.4 is 18.9 Å². The van der Waals surface area contributed by atoms with Crippen LogP contribution in [0, 0.1) is 0 Å². The molecule has 0 aromatic heterocycles. The Morgan fingerprint density at radius 3 is 2.23 bits per heavy atom. The minimum atomic E-state index is 0.544. The highest BCUT2D eigenvalue weighted by molar-refractivity contribution is 5.54. The van der Waals surface area contributed by atoms with Crippen molar-refractivity contribution in [2.45, 2.75) is 6.42 Å². The van der Waals surface area contributed by atoms with Gasteiger partial charge in [0.25, 0.3) is 0 Å². The van der Waals surface area contributed by atoms with E-state index in [0.717, 1.165) is 12.0 Å². The molecule has 0 radical (unpaired) electrons. The van der Waals surface area contributed by atoms with Gasteiger partial charge in [0, 0.05) is 0 Å². The average molecular weight is 300 g/mol. The van der Waals surface area contributed by atoms with Crippen molar-refractivity contribution in [3.05, 3.63) is 54.6 Å². The predicted octanol–water partition coefficient (Wildman–Crippen LogP) is 4.23. The lowest BCUT2D eigenvalue weighted by atomic mass is 10.1. The van der Waals surface area contributed by atoms with Crippen molar-refractivity contribution in [2.24, 2.45) is 0 Å². The lowest BCUT2D eigenvalue weighted by molar-refractivity contribution is 0.329. The monoisotopic (exact) mass is 300 g/mol. The number of ether oxygens (including phenoxy) is 4. The fourth-order valence-electron chi connectivity index (χ4n) is 2.15. The molecule has 0 spiro atoms. The second-order valence-electron chi connectivity index (χ2n) is 4.57. The van der Waals surface area contributed by atoms with E-state index >= 15 is 0 Å². The van der Waals surface area contributed by atoms with Gasteiger partial charge in [0.1, 0.15) is 0 Å². The van der Waals surface area contributed by atoms with Gasteiger partial charge < -0.3 is 18.9 Å². The van der Waals surface area contributed by atoms with Gasteiger partial charge in [0.05, 0.1) is 21.3 Å². The van der Waals surface area contributed by atoms with E-state index in [0.29, 0.717) is 28.7 Å². The Morgan fingerprint density at radius 2 is 1.59 bits per heavy atom. The number of benzene rings is 2. The van der Waals surface area contributed by atoms with E-state index in [1.807, 2.05) is 42.5 Å². The molecule has 0 heterocycles. The van der Waals surface area contributed by atoms with Crippen LogP contribution >= 0.6 is 0 Å². The third-order valence-electron chi connectivity index (χ3n) is 3.19. The molecule has 0 saturated carbocycles. The molecule has 0 aliphatic carbocycles. The summed E-state index contributed by atoms with van der Waals surface area (Å²) in [5, 5.41) is 0. The van der Waals surface area contributed by atoms with Crippen LogP contribution in [0.4, 0.5) is 0 Å². The molecular weight excluding hydrogens is 280 g/mol. The van der Waals surface area contributed by atoms with Crippen LogP contribution in [0.5, 0.6) is 28.7 Å². The second kappa shape index (κ2) is 7.41. The lowest BCUT2D eigenvalue weighted by Crippen LogP contribution is -1.96. The number of hydrogen-bond donors (Lipinski definition) is 0. The third kappa shape index (κ3) is 3.34. The Bertz CT molecular complexity index is 650. The first kappa shape index (κ1) is 15.8. The van der Waals surface area contributed by atoms with Gasteiger partial charge in [-0.3, -0.25) is 0 Å². The van der Waals surface area contributed by atoms with Gasteiger partial charge in [0.15, 0.2) is 23.0 Å². The smallest absolute Gasteiger partial charge is 0.203 e. The van der Waals surface area contributed by atoms with Gasteiger partial charge in [0.2, 0.25) is 5.75 Å². The molecule has 0 aliphatic rings. The Kier molecular flexibility index (Phi) is 5.31. The summed E-state index contributed by atoms with van der Waals surface area (Å²) < 4.78 is 22.0. The van der Waals surface area contributed by atoms with E-state index in [1.165, 1.54) is 0 Å². The molecule has 22 heavy (non-hydrogen) atoms. The second-order valence-corrected chi connectivity index (χ2v) is 4.57. The van der Waals surface area contributed by atoms with Crippen molar-refractivity contribution in [1.29, 1.82) is 0 Å². The molecule has 116 valence electrons. The molecule has 0 saturated heterocycles. The molecule has 2 aromatic carbocycles. The van der Waals surface area contributed by atoms with E-state index in [2.05, 4.69) is 6.58 Å². The van der Waals surface area contributed by atoms with E-state index in [1.54, 1.807) is 21.3 Å². The molecular formula is C18H20O4. The van der Waals surface area contributed by atoms with Crippen molar-refractivity contribution in [1.82, 2.24) is 0 Å². The summed E-state index contributed by atoms with van der Waals surface area (Å²) in [7, 11) is 4.78. The molecule has 2 rings (SSSR count). The Balaban J connectivity index is 2.36. The maximum atomic E-state index is 5.94. The highest BCUT2D eigenvalue weighted by Gasteiger charge is 2.14. The quantitative estimate of drug-likeness (QED) is 0.717. The molecule has 0 aliphatic heterocycles. The third-order valence-corrected chi connectivity index (χ3v) is 3.19. The first-order valence-corrected chi connectivity index (χ1v) is 6.90. The highest BCUT2D eigenvalue weighted by atomic mass is 16.5. The standard InChI is InChI=1S/C18H20O4/c1-5-7-13-10-11-14(17(12-13)20-3)22-16-9-6-8-15(19-2)18(16)21-4/h5-6,8-12H,1,7H2,2-4H3. The van der Waals surface area contributed by atoms with Crippen LogP contribution in [-0.4, -0.2) is 21.3 Å². The van der Waals surface area contributed by atoms with Gasteiger partial charge in [-0.2, -0.15) is 0 Å². The average Bonchev–Trinajstić information content (AvgIpc) is 2.56. The van der Waals surface area contributed by atoms with Gasteiger partial charge in [-0.05, 0) is 36.2 Å². The predicted molar refractivity (Wildman–Crippen MR) is 86.5 cm³/mol. The summed E-state index contributed by atoms with van der Waals surface area (Å²) in [5.41, 5.74) is 1.11. The lowest BCUT2D eigenvalue weighted by Gasteiger charge is -2.15. The Labute approximate surface area is 130 Å². The minimum absolute atomic E-state index is 0.544. The zero-order chi connectivity index (χ0) is 15.9. The summed E-state index contributed by atoms with van der Waals surface area (Å²) in [5.74, 6) is 2.99. The van der Waals surface area contributed by atoms with Crippen LogP contribution in [0.3, 0.4) is 0 Å². The van der Waals surface area contributed by atoms with Crippen molar-refractivity contribution >= 4 is 0 Å². The molecule has 0 bridgehead atoms. The zero-order valence-corrected chi connectivity index (χ0v) is 13.1. The summed E-state index contributed by atoms with van der Waals surface area (Å²) >= 11 is 0. The number of para-hydroxylation sites is 1. The zero-order valence-electron chi connectivity index (χ0n) is 13.1. The molecule has 0 unspecified atom stereocenters. The Morgan fingerprint density at radius 1 is 0.864 bits per heavy atom. The maximum absolute atomic E-state index is 5.94. The number of hydrogen-bond acceptors (Lipinski definition) is 4. The SMILES string of the molecule is C=CCc1ccc(Oc2cccc(OC)c2OC)c(OC)c1. The van der Waals surface area contributed by atoms with Gasteiger partial charge >= 0.3 is 0 Å². The van der Waals surface area contributed by atoms with E-state index < -0.39 is 0 Å². The molecule has 0 N–H and O–H groups in total. The van der Waals surface area contributed by atoms with Crippen LogP contribution in [-0.2, 0) is 6.42 Å². The molecule has 4 heteroatoms. The topological polar surface area (TPSA) is 36.9 Å². The van der Waals surface area contributed by atoms with Crippen molar-refractivity contribution in [3.63, 3.8) is 0 Å². The maximum Gasteiger partial charge on any atom is 0.203 e. The molecule has 2 aromatic rings. The summed E-state index contributed by atoms with van der Waals surface area (Å²) in [6.45, 7) is 3.74.